The fourth-order valence-electron chi connectivity index (χ4n) is 2.52. The number of aliphatic hydroxyl groups excluding tert-OH is 2. The second kappa shape index (κ2) is 10.3. The number of allylic oxidation sites excluding steroid dienone is 1. The van der Waals surface area contributed by atoms with Crippen molar-refractivity contribution in [1.29, 1.82) is 0 Å². The third kappa shape index (κ3) is 6.67. The van der Waals surface area contributed by atoms with Gasteiger partial charge in [0.1, 0.15) is 6.10 Å². The molecule has 0 bridgehead atoms. The van der Waals surface area contributed by atoms with Gasteiger partial charge in [0.25, 0.3) is 0 Å². The summed E-state index contributed by atoms with van der Waals surface area (Å²) in [5, 5.41) is 18.9. The highest BCUT2D eigenvalue weighted by molar-refractivity contribution is 5.13. The van der Waals surface area contributed by atoms with Crippen LogP contribution in [0, 0.1) is 0 Å². The molecule has 0 unspecified atom stereocenters. The lowest BCUT2D eigenvalue weighted by Gasteiger charge is -2.29. The predicted molar refractivity (Wildman–Crippen MR) is 90.0 cm³/mol. The fourth-order valence-corrected chi connectivity index (χ4v) is 2.52. The van der Waals surface area contributed by atoms with E-state index in [2.05, 4.69) is 6.08 Å². The molecule has 3 atom stereocenters. The van der Waals surface area contributed by atoms with E-state index >= 15 is 0 Å². The van der Waals surface area contributed by atoms with Crippen LogP contribution in [0.2, 0.25) is 0 Å². The summed E-state index contributed by atoms with van der Waals surface area (Å²) in [7, 11) is 0. The van der Waals surface area contributed by atoms with Gasteiger partial charge in [-0.1, -0.05) is 54.6 Å². The quantitative estimate of drug-likeness (QED) is 0.687. The second-order valence-corrected chi connectivity index (χ2v) is 5.69. The van der Waals surface area contributed by atoms with Crippen LogP contribution in [0.1, 0.15) is 24.8 Å². The summed E-state index contributed by atoms with van der Waals surface area (Å²) in [6.45, 7) is 1.13. The average Bonchev–Trinajstić information content (AvgIpc) is 2.60. The molecule has 2 rings (SSSR count). The zero-order valence-corrected chi connectivity index (χ0v) is 13.4. The van der Waals surface area contributed by atoms with E-state index in [1.807, 2.05) is 42.5 Å². The lowest BCUT2D eigenvalue weighted by Crippen LogP contribution is -2.35. The van der Waals surface area contributed by atoms with Gasteiger partial charge in [0.15, 0.2) is 0 Å². The minimum absolute atomic E-state index is 0.0173. The van der Waals surface area contributed by atoms with Crippen molar-refractivity contribution in [2.24, 2.45) is 0 Å². The maximum atomic E-state index is 10.2. The van der Waals surface area contributed by atoms with E-state index in [1.165, 1.54) is 0 Å². The number of hydrogen-bond donors (Lipinski definition) is 2. The summed E-state index contributed by atoms with van der Waals surface area (Å²) in [4.78, 5) is 0. The van der Waals surface area contributed by atoms with Crippen LogP contribution in [0.4, 0.5) is 0 Å². The molecule has 23 heavy (non-hydrogen) atoms. The van der Waals surface area contributed by atoms with Crippen molar-refractivity contribution < 1.29 is 19.7 Å². The lowest BCUT2D eigenvalue weighted by atomic mass is 10.0. The highest BCUT2D eigenvalue weighted by atomic mass is 16.5. The van der Waals surface area contributed by atoms with E-state index in [0.717, 1.165) is 18.4 Å². The standard InChI is InChI=1S/C19H26O4/c20-13-6-2-5-11-18(21)19-12-7-10-17(23-19)15-22-14-16-8-3-1-4-9-16/h1-4,6-9,12,17-21H,5,10-11,13-15H2/b6-2+/t17-,18-,19+/m0/s1. The summed E-state index contributed by atoms with van der Waals surface area (Å²) in [6, 6.07) is 10.1. The van der Waals surface area contributed by atoms with Gasteiger partial charge in [-0.3, -0.25) is 0 Å². The molecule has 1 heterocycles. The molecular formula is C19H26O4. The summed E-state index contributed by atoms with van der Waals surface area (Å²) >= 11 is 0. The number of ether oxygens (including phenoxy) is 2. The molecular weight excluding hydrogens is 292 g/mol. The molecule has 1 aromatic rings. The Balaban J connectivity index is 1.69. The first kappa shape index (κ1) is 17.9. The monoisotopic (exact) mass is 318 g/mol. The number of aliphatic hydroxyl groups is 2. The molecule has 0 spiro atoms. The van der Waals surface area contributed by atoms with Crippen molar-refractivity contribution >= 4 is 0 Å². The molecule has 0 aromatic heterocycles. The van der Waals surface area contributed by atoms with Crippen LogP contribution in [0.3, 0.4) is 0 Å². The van der Waals surface area contributed by atoms with Crippen LogP contribution >= 0.6 is 0 Å². The van der Waals surface area contributed by atoms with Crippen molar-refractivity contribution in [2.45, 2.75) is 44.2 Å². The predicted octanol–water partition coefficient (Wildman–Crippen LogP) is 2.61. The van der Waals surface area contributed by atoms with E-state index < -0.39 is 6.10 Å². The topological polar surface area (TPSA) is 58.9 Å². The summed E-state index contributed by atoms with van der Waals surface area (Å²) in [5.74, 6) is 0. The third-order valence-electron chi connectivity index (χ3n) is 3.77. The van der Waals surface area contributed by atoms with Gasteiger partial charge < -0.3 is 19.7 Å². The molecule has 0 amide bonds. The van der Waals surface area contributed by atoms with Crippen molar-refractivity contribution in [2.75, 3.05) is 13.2 Å². The highest BCUT2D eigenvalue weighted by Gasteiger charge is 2.24. The zero-order valence-electron chi connectivity index (χ0n) is 13.4. The Hall–Kier alpha value is -1.46. The molecule has 1 aliphatic rings. The van der Waals surface area contributed by atoms with Crippen molar-refractivity contribution in [3.63, 3.8) is 0 Å². The Morgan fingerprint density at radius 2 is 2.09 bits per heavy atom. The Kier molecular flexibility index (Phi) is 8.04. The molecule has 0 radical (unpaired) electrons. The third-order valence-corrected chi connectivity index (χ3v) is 3.77. The highest BCUT2D eigenvalue weighted by Crippen LogP contribution is 2.18. The molecule has 2 N–H and O–H groups in total. The maximum absolute atomic E-state index is 10.2. The van der Waals surface area contributed by atoms with Gasteiger partial charge in [0, 0.05) is 0 Å². The molecule has 0 aliphatic carbocycles. The van der Waals surface area contributed by atoms with E-state index in [9.17, 15) is 5.11 Å². The summed E-state index contributed by atoms with van der Waals surface area (Å²) in [5.41, 5.74) is 1.14. The molecule has 4 nitrogen and oxygen atoms in total. The van der Waals surface area contributed by atoms with Gasteiger partial charge in [-0.25, -0.2) is 0 Å². The number of benzene rings is 1. The Bertz CT molecular complexity index is 483. The van der Waals surface area contributed by atoms with Crippen LogP contribution in [-0.4, -0.2) is 41.7 Å². The van der Waals surface area contributed by atoms with Crippen LogP contribution < -0.4 is 0 Å². The van der Waals surface area contributed by atoms with Gasteiger partial charge in [-0.15, -0.1) is 0 Å². The van der Waals surface area contributed by atoms with Crippen molar-refractivity contribution in [3.05, 3.63) is 60.2 Å². The Morgan fingerprint density at radius 3 is 2.87 bits per heavy atom. The molecule has 0 saturated heterocycles. The van der Waals surface area contributed by atoms with Crippen LogP contribution in [0.15, 0.2) is 54.6 Å². The minimum Gasteiger partial charge on any atom is -0.392 e. The largest absolute Gasteiger partial charge is 0.392 e. The number of rotatable bonds is 9. The fraction of sp³-hybridized carbons (Fsp3) is 0.474. The van der Waals surface area contributed by atoms with E-state index in [1.54, 1.807) is 6.08 Å². The minimum atomic E-state index is -0.536. The molecule has 0 saturated carbocycles. The van der Waals surface area contributed by atoms with Crippen molar-refractivity contribution in [1.82, 2.24) is 0 Å². The molecule has 1 aliphatic heterocycles. The van der Waals surface area contributed by atoms with Gasteiger partial charge in [0.2, 0.25) is 0 Å². The first-order chi connectivity index (χ1) is 11.3. The molecule has 0 fully saturated rings. The smallest absolute Gasteiger partial charge is 0.102 e. The van der Waals surface area contributed by atoms with Gasteiger partial charge in [-0.2, -0.15) is 0 Å². The SMILES string of the molecule is OC/C=C/CC[C@H](O)[C@H]1C=CC[C@@H](COCc2ccccc2)O1. The summed E-state index contributed by atoms with van der Waals surface area (Å²) in [6.07, 6.45) is 8.85. The van der Waals surface area contributed by atoms with Crippen molar-refractivity contribution in [3.8, 4) is 0 Å². The Morgan fingerprint density at radius 1 is 1.26 bits per heavy atom. The molecule has 4 heteroatoms. The first-order valence-corrected chi connectivity index (χ1v) is 8.17. The van der Waals surface area contributed by atoms with E-state index in [-0.39, 0.29) is 18.8 Å². The summed E-state index contributed by atoms with van der Waals surface area (Å²) < 4.78 is 11.6. The normalized spacial score (nSPS) is 22.5. The first-order valence-electron chi connectivity index (χ1n) is 8.17. The van der Waals surface area contributed by atoms with Gasteiger partial charge in [0.05, 0.1) is 32.0 Å². The van der Waals surface area contributed by atoms with Crippen LogP contribution in [-0.2, 0) is 16.1 Å². The number of hydrogen-bond acceptors (Lipinski definition) is 4. The molecule has 126 valence electrons. The van der Waals surface area contributed by atoms with Crippen LogP contribution in [0.25, 0.3) is 0 Å². The van der Waals surface area contributed by atoms with Gasteiger partial charge in [-0.05, 0) is 24.8 Å². The average molecular weight is 318 g/mol. The van der Waals surface area contributed by atoms with Crippen LogP contribution in [0.5, 0.6) is 0 Å². The maximum Gasteiger partial charge on any atom is 0.102 e. The Labute approximate surface area is 138 Å². The van der Waals surface area contributed by atoms with E-state index in [4.69, 9.17) is 14.6 Å². The van der Waals surface area contributed by atoms with E-state index in [0.29, 0.717) is 19.6 Å². The second-order valence-electron chi connectivity index (χ2n) is 5.69. The zero-order chi connectivity index (χ0) is 16.3. The van der Waals surface area contributed by atoms with Gasteiger partial charge >= 0.3 is 0 Å². The molecule has 1 aromatic carbocycles. The lowest BCUT2D eigenvalue weighted by molar-refractivity contribution is -0.0895.